The summed E-state index contributed by atoms with van der Waals surface area (Å²) < 4.78 is 28.7. The van der Waals surface area contributed by atoms with E-state index in [1.165, 1.54) is 5.56 Å². The van der Waals surface area contributed by atoms with Gasteiger partial charge in [-0.15, -0.1) is 0 Å². The highest BCUT2D eigenvalue weighted by atomic mass is 32.2. The molecule has 4 rings (SSSR count). The van der Waals surface area contributed by atoms with E-state index in [-0.39, 0.29) is 6.04 Å². The van der Waals surface area contributed by atoms with Gasteiger partial charge in [0, 0.05) is 6.04 Å². The molecule has 3 aromatic rings. The zero-order chi connectivity index (χ0) is 18.1. The molecular weight excluding hydrogens is 342 g/mol. The van der Waals surface area contributed by atoms with E-state index in [1.54, 1.807) is 6.08 Å². The lowest BCUT2D eigenvalue weighted by Crippen LogP contribution is -2.29. The number of benzene rings is 3. The van der Waals surface area contributed by atoms with E-state index >= 15 is 0 Å². The van der Waals surface area contributed by atoms with E-state index in [1.807, 2.05) is 67.6 Å². The highest BCUT2D eigenvalue weighted by Gasteiger charge is 2.24. The summed E-state index contributed by atoms with van der Waals surface area (Å²) in [6.45, 7) is 1.90. The third kappa shape index (κ3) is 3.18. The maximum Gasteiger partial charge on any atom is 0.237 e. The number of hydrogen-bond acceptors (Lipinski definition) is 2. The van der Waals surface area contributed by atoms with Crippen LogP contribution in [0.5, 0.6) is 0 Å². The number of fused-ring (bicyclic) bond motifs is 2. The molecule has 1 aliphatic rings. The van der Waals surface area contributed by atoms with Crippen LogP contribution >= 0.6 is 0 Å². The first kappa shape index (κ1) is 17.0. The molecule has 3 aromatic carbocycles. The van der Waals surface area contributed by atoms with Crippen LogP contribution in [-0.2, 0) is 16.4 Å². The molecule has 1 aliphatic carbocycles. The molecule has 0 spiro atoms. The minimum Gasteiger partial charge on any atom is -0.207 e. The van der Waals surface area contributed by atoms with Crippen LogP contribution in [0.2, 0.25) is 0 Å². The molecule has 0 aromatic heterocycles. The molecule has 0 fully saturated rings. The molecule has 1 N–H and O–H groups in total. The van der Waals surface area contributed by atoms with Gasteiger partial charge in [-0.3, -0.25) is 0 Å². The average molecular weight is 363 g/mol. The van der Waals surface area contributed by atoms with E-state index in [9.17, 15) is 8.42 Å². The Kier molecular flexibility index (Phi) is 4.39. The molecule has 1 atom stereocenters. The predicted molar refractivity (Wildman–Crippen MR) is 107 cm³/mol. The van der Waals surface area contributed by atoms with Crippen molar-refractivity contribution in [1.29, 1.82) is 0 Å². The van der Waals surface area contributed by atoms with Crippen LogP contribution in [0.1, 0.15) is 36.1 Å². The summed E-state index contributed by atoms with van der Waals surface area (Å²) in [5.41, 5.74) is 3.19. The first-order valence-corrected chi connectivity index (χ1v) is 10.3. The Morgan fingerprint density at radius 2 is 1.62 bits per heavy atom. The molecular formula is C22H21NO2S. The Labute approximate surface area is 154 Å². The highest BCUT2D eigenvalue weighted by molar-refractivity contribution is 7.93. The molecule has 3 nitrogen and oxygen atoms in total. The van der Waals surface area contributed by atoms with Gasteiger partial charge in [0.15, 0.2) is 0 Å². The minimum absolute atomic E-state index is 0.302. The van der Waals surface area contributed by atoms with E-state index < -0.39 is 10.0 Å². The third-order valence-electron chi connectivity index (χ3n) is 4.98. The number of sulfonamides is 1. The summed E-state index contributed by atoms with van der Waals surface area (Å²) in [6.07, 6.45) is 3.09. The molecule has 0 bridgehead atoms. The van der Waals surface area contributed by atoms with Crippen molar-refractivity contribution in [2.45, 2.75) is 25.8 Å². The van der Waals surface area contributed by atoms with Gasteiger partial charge in [0.05, 0.1) is 4.91 Å². The van der Waals surface area contributed by atoms with E-state index in [2.05, 4.69) is 10.8 Å². The second-order valence-electron chi connectivity index (χ2n) is 6.72. The fourth-order valence-electron chi connectivity index (χ4n) is 3.62. The number of nitrogens with one attached hydrogen (secondary N) is 1. The molecule has 26 heavy (non-hydrogen) atoms. The molecule has 0 heterocycles. The van der Waals surface area contributed by atoms with Crippen molar-refractivity contribution in [3.05, 3.63) is 88.3 Å². The topological polar surface area (TPSA) is 46.2 Å². The molecule has 0 radical (unpaired) electrons. The number of aryl methyl sites for hydroxylation is 1. The molecule has 4 heteroatoms. The van der Waals surface area contributed by atoms with Crippen molar-refractivity contribution in [2.75, 3.05) is 0 Å². The Hall–Kier alpha value is -2.43. The normalized spacial score (nSPS) is 15.3. The van der Waals surface area contributed by atoms with Crippen LogP contribution in [0.4, 0.5) is 0 Å². The Bertz CT molecular complexity index is 1090. The molecule has 1 unspecified atom stereocenters. The Morgan fingerprint density at radius 1 is 0.885 bits per heavy atom. The summed E-state index contributed by atoms with van der Waals surface area (Å²) in [4.78, 5) is 0.461. The maximum atomic E-state index is 12.9. The Morgan fingerprint density at radius 3 is 2.50 bits per heavy atom. The fraction of sp³-hybridized carbons (Fsp3) is 0.182. The van der Waals surface area contributed by atoms with Gasteiger partial charge in [-0.2, -0.15) is 0 Å². The maximum absolute atomic E-state index is 12.9. The smallest absolute Gasteiger partial charge is 0.207 e. The summed E-state index contributed by atoms with van der Waals surface area (Å²) in [7, 11) is -3.53. The number of allylic oxidation sites excluding steroid dienone is 1. The van der Waals surface area contributed by atoms with Crippen LogP contribution in [0.25, 0.3) is 16.8 Å². The zero-order valence-corrected chi connectivity index (χ0v) is 15.5. The summed E-state index contributed by atoms with van der Waals surface area (Å²) in [6, 6.07) is 21.7. The monoisotopic (exact) mass is 363 g/mol. The summed E-state index contributed by atoms with van der Waals surface area (Å²) in [5, 5.41) is 2.19. The second-order valence-corrected chi connectivity index (χ2v) is 8.49. The van der Waals surface area contributed by atoms with Gasteiger partial charge in [-0.1, -0.05) is 66.7 Å². The van der Waals surface area contributed by atoms with Crippen molar-refractivity contribution >= 4 is 26.9 Å². The van der Waals surface area contributed by atoms with Gasteiger partial charge < -0.3 is 0 Å². The van der Waals surface area contributed by atoms with E-state index in [0.717, 1.165) is 28.3 Å². The summed E-state index contributed by atoms with van der Waals surface area (Å²) in [5.74, 6) is 0. The molecule has 0 saturated heterocycles. The van der Waals surface area contributed by atoms with Crippen molar-refractivity contribution in [3.8, 4) is 0 Å². The predicted octanol–water partition coefficient (Wildman–Crippen LogP) is 4.81. The van der Waals surface area contributed by atoms with Gasteiger partial charge in [-0.05, 0) is 53.3 Å². The number of rotatable bonds is 4. The van der Waals surface area contributed by atoms with Gasteiger partial charge in [0.2, 0.25) is 10.0 Å². The van der Waals surface area contributed by atoms with Crippen molar-refractivity contribution in [2.24, 2.45) is 0 Å². The van der Waals surface area contributed by atoms with Gasteiger partial charge in [0.1, 0.15) is 0 Å². The highest BCUT2D eigenvalue weighted by Crippen LogP contribution is 2.29. The van der Waals surface area contributed by atoms with Gasteiger partial charge in [0.25, 0.3) is 0 Å². The van der Waals surface area contributed by atoms with Crippen LogP contribution in [-0.4, -0.2) is 8.42 Å². The van der Waals surface area contributed by atoms with Crippen molar-refractivity contribution in [3.63, 3.8) is 0 Å². The Balaban J connectivity index is 1.65. The van der Waals surface area contributed by atoms with Gasteiger partial charge in [-0.25, -0.2) is 13.1 Å². The van der Waals surface area contributed by atoms with Crippen molar-refractivity contribution < 1.29 is 8.42 Å². The lowest BCUT2D eigenvalue weighted by molar-refractivity contribution is 0.572. The van der Waals surface area contributed by atoms with Crippen LogP contribution < -0.4 is 4.72 Å². The third-order valence-corrected chi connectivity index (χ3v) is 6.66. The molecule has 0 aliphatic heterocycles. The van der Waals surface area contributed by atoms with Crippen LogP contribution in [0.3, 0.4) is 0 Å². The van der Waals surface area contributed by atoms with E-state index in [4.69, 9.17) is 0 Å². The van der Waals surface area contributed by atoms with Gasteiger partial charge >= 0.3 is 0 Å². The molecule has 0 amide bonds. The standard InChI is InChI=1S/C22H21NO2S/c1-16(21-12-6-10-18-8-4-5-11-22(18)21)23-26(24,25)20-14-13-17-7-2-3-9-19(17)15-20/h2-12,15-16,23H,13-14H2,1H3. The quantitative estimate of drug-likeness (QED) is 0.723. The fourth-order valence-corrected chi connectivity index (χ4v) is 5.01. The molecule has 132 valence electrons. The molecule has 0 saturated carbocycles. The average Bonchev–Trinajstić information content (AvgIpc) is 2.66. The largest absolute Gasteiger partial charge is 0.237 e. The van der Waals surface area contributed by atoms with Crippen molar-refractivity contribution in [1.82, 2.24) is 4.72 Å². The zero-order valence-electron chi connectivity index (χ0n) is 14.6. The summed E-state index contributed by atoms with van der Waals surface area (Å²) >= 11 is 0. The first-order valence-electron chi connectivity index (χ1n) is 8.83. The minimum atomic E-state index is -3.53. The van der Waals surface area contributed by atoms with Crippen LogP contribution in [0.15, 0.2) is 71.6 Å². The lowest BCUT2D eigenvalue weighted by atomic mass is 9.98. The van der Waals surface area contributed by atoms with Crippen LogP contribution in [0, 0.1) is 0 Å². The number of hydrogen-bond donors (Lipinski definition) is 1. The second kappa shape index (κ2) is 6.71. The SMILES string of the molecule is CC(NS(=O)(=O)C1=Cc2ccccc2CC1)c1cccc2ccccc12. The first-order chi connectivity index (χ1) is 12.5. The lowest BCUT2D eigenvalue weighted by Gasteiger charge is -2.21. The van der Waals surface area contributed by atoms with E-state index in [0.29, 0.717) is 11.3 Å².